The van der Waals surface area contributed by atoms with Gasteiger partial charge in [-0.25, -0.2) is 4.39 Å². The van der Waals surface area contributed by atoms with Gasteiger partial charge in [-0.1, -0.05) is 20.8 Å². The van der Waals surface area contributed by atoms with Crippen molar-refractivity contribution in [3.63, 3.8) is 0 Å². The van der Waals surface area contributed by atoms with Gasteiger partial charge in [-0.15, -0.1) is 10.2 Å². The van der Waals surface area contributed by atoms with Crippen LogP contribution in [-0.4, -0.2) is 14.6 Å². The lowest BCUT2D eigenvalue weighted by molar-refractivity contribution is 0.534. The summed E-state index contributed by atoms with van der Waals surface area (Å²) in [5, 5.41) is 8.03. The number of halogens is 1. The minimum Gasteiger partial charge on any atom is -0.283 e. The fourth-order valence-electron chi connectivity index (χ4n) is 1.38. The van der Waals surface area contributed by atoms with E-state index < -0.39 is 0 Å². The van der Waals surface area contributed by atoms with E-state index in [1.54, 1.807) is 10.5 Å². The normalized spacial score (nSPS) is 12.3. The predicted octanol–water partition coefficient (Wildman–Crippen LogP) is 2.17. The van der Waals surface area contributed by atoms with Crippen LogP contribution >= 0.6 is 0 Å². The van der Waals surface area contributed by atoms with Crippen LogP contribution in [0.2, 0.25) is 0 Å². The van der Waals surface area contributed by atoms with Crippen LogP contribution in [0.3, 0.4) is 0 Å². The Kier molecular flexibility index (Phi) is 1.80. The molecule has 0 bridgehead atoms. The molecule has 0 aromatic carbocycles. The summed E-state index contributed by atoms with van der Waals surface area (Å²) >= 11 is 0. The number of hydrogen-bond donors (Lipinski definition) is 0. The number of aromatic nitrogens is 3. The van der Waals surface area contributed by atoms with Gasteiger partial charge in [0, 0.05) is 11.6 Å². The summed E-state index contributed by atoms with van der Waals surface area (Å²) in [6, 6.07) is 3.01. The number of nitrogens with zero attached hydrogens (tertiary/aromatic N) is 3. The van der Waals surface area contributed by atoms with Gasteiger partial charge in [-0.2, -0.15) is 0 Å². The number of pyridine rings is 1. The number of fused-ring (bicyclic) bond motifs is 1. The summed E-state index contributed by atoms with van der Waals surface area (Å²) in [6.07, 6.45) is 1.41. The van der Waals surface area contributed by atoms with Crippen molar-refractivity contribution in [1.82, 2.24) is 14.6 Å². The molecule has 2 heterocycles. The summed E-state index contributed by atoms with van der Waals surface area (Å²) in [7, 11) is 0. The molecule has 0 radical (unpaired) electrons. The maximum absolute atomic E-state index is 13.0. The highest BCUT2D eigenvalue weighted by Crippen LogP contribution is 2.20. The molecule has 4 heteroatoms. The van der Waals surface area contributed by atoms with Crippen LogP contribution in [0.25, 0.3) is 5.65 Å². The molecule has 0 saturated carbocycles. The molecule has 0 saturated heterocycles. The first-order valence-electron chi connectivity index (χ1n) is 4.49. The summed E-state index contributed by atoms with van der Waals surface area (Å²) in [4.78, 5) is 0. The van der Waals surface area contributed by atoms with E-state index >= 15 is 0 Å². The quantitative estimate of drug-likeness (QED) is 0.641. The predicted molar refractivity (Wildman–Crippen MR) is 51.6 cm³/mol. The van der Waals surface area contributed by atoms with E-state index in [1.165, 1.54) is 12.3 Å². The lowest BCUT2D eigenvalue weighted by Gasteiger charge is -2.15. The third kappa shape index (κ3) is 1.36. The molecule has 0 amide bonds. The summed E-state index contributed by atoms with van der Waals surface area (Å²) in [5.74, 6) is 0.495. The molecule has 2 aromatic rings. The zero-order chi connectivity index (χ0) is 10.3. The lowest BCUT2D eigenvalue weighted by Crippen LogP contribution is -2.15. The van der Waals surface area contributed by atoms with Gasteiger partial charge in [-0.3, -0.25) is 4.40 Å². The van der Waals surface area contributed by atoms with E-state index in [-0.39, 0.29) is 11.2 Å². The molecule has 2 rings (SSSR count). The van der Waals surface area contributed by atoms with Crippen LogP contribution in [0.15, 0.2) is 18.3 Å². The zero-order valence-electron chi connectivity index (χ0n) is 8.45. The van der Waals surface area contributed by atoms with Gasteiger partial charge < -0.3 is 0 Å². The molecule has 0 N–H and O–H groups in total. The van der Waals surface area contributed by atoms with E-state index in [9.17, 15) is 4.39 Å². The molecule has 0 aliphatic carbocycles. The average Bonchev–Trinajstić information content (AvgIpc) is 2.45. The Bertz CT molecular complexity index is 468. The molecular weight excluding hydrogens is 181 g/mol. The van der Waals surface area contributed by atoms with Crippen molar-refractivity contribution in [2.75, 3.05) is 0 Å². The van der Waals surface area contributed by atoms with E-state index in [1.807, 2.05) is 20.8 Å². The van der Waals surface area contributed by atoms with Crippen molar-refractivity contribution in [2.24, 2.45) is 0 Å². The molecule has 0 fully saturated rings. The smallest absolute Gasteiger partial charge is 0.160 e. The maximum atomic E-state index is 13.0. The Balaban J connectivity index is 2.73. The lowest BCUT2D eigenvalue weighted by atomic mass is 9.96. The molecule has 3 nitrogen and oxygen atoms in total. The molecule has 0 aliphatic rings. The topological polar surface area (TPSA) is 30.2 Å². The van der Waals surface area contributed by atoms with Crippen LogP contribution in [0.5, 0.6) is 0 Å². The van der Waals surface area contributed by atoms with Crippen LogP contribution in [0.1, 0.15) is 26.6 Å². The number of hydrogen-bond acceptors (Lipinski definition) is 2. The van der Waals surface area contributed by atoms with Gasteiger partial charge in [0.15, 0.2) is 5.65 Å². The first-order valence-corrected chi connectivity index (χ1v) is 4.49. The molecule has 14 heavy (non-hydrogen) atoms. The Morgan fingerprint density at radius 3 is 2.57 bits per heavy atom. The second-order valence-corrected chi connectivity index (χ2v) is 4.35. The molecule has 74 valence electrons. The van der Waals surface area contributed by atoms with Gasteiger partial charge in [0.25, 0.3) is 0 Å². The van der Waals surface area contributed by atoms with Gasteiger partial charge in [0.2, 0.25) is 0 Å². The minimum absolute atomic E-state index is 0.132. The van der Waals surface area contributed by atoms with E-state index in [0.29, 0.717) is 5.65 Å². The van der Waals surface area contributed by atoms with Crippen molar-refractivity contribution in [1.29, 1.82) is 0 Å². The fourth-order valence-corrected chi connectivity index (χ4v) is 1.38. The molecule has 2 aromatic heterocycles. The third-order valence-electron chi connectivity index (χ3n) is 2.04. The van der Waals surface area contributed by atoms with E-state index in [0.717, 1.165) is 5.82 Å². The van der Waals surface area contributed by atoms with Gasteiger partial charge in [-0.05, 0) is 12.1 Å². The first-order chi connectivity index (χ1) is 6.48. The second-order valence-electron chi connectivity index (χ2n) is 4.35. The van der Waals surface area contributed by atoms with E-state index in [4.69, 9.17) is 0 Å². The minimum atomic E-state index is -0.275. The van der Waals surface area contributed by atoms with Crippen molar-refractivity contribution in [3.05, 3.63) is 30.0 Å². The molecule has 0 spiro atoms. The van der Waals surface area contributed by atoms with Gasteiger partial charge in [0.1, 0.15) is 11.6 Å². The standard InChI is InChI=1S/C10H12FN3/c1-10(2,3)9-13-12-8-5-4-7(11)6-14(8)9/h4-6H,1-3H3. The molecular formula is C10H12FN3. The second kappa shape index (κ2) is 2.77. The maximum Gasteiger partial charge on any atom is 0.160 e. The van der Waals surface area contributed by atoms with Gasteiger partial charge >= 0.3 is 0 Å². The van der Waals surface area contributed by atoms with Gasteiger partial charge in [0.05, 0.1) is 0 Å². The van der Waals surface area contributed by atoms with Crippen LogP contribution in [0, 0.1) is 5.82 Å². The highest BCUT2D eigenvalue weighted by atomic mass is 19.1. The summed E-state index contributed by atoms with van der Waals surface area (Å²) in [6.45, 7) is 6.07. The Morgan fingerprint density at radius 1 is 1.21 bits per heavy atom. The van der Waals surface area contributed by atoms with Crippen LogP contribution < -0.4 is 0 Å². The molecule has 0 atom stereocenters. The van der Waals surface area contributed by atoms with Crippen molar-refractivity contribution >= 4 is 5.65 Å². The fraction of sp³-hybridized carbons (Fsp3) is 0.400. The Morgan fingerprint density at radius 2 is 1.93 bits per heavy atom. The Hall–Kier alpha value is -1.45. The average molecular weight is 193 g/mol. The highest BCUT2D eigenvalue weighted by Gasteiger charge is 2.20. The Labute approximate surface area is 81.6 Å². The monoisotopic (exact) mass is 193 g/mol. The summed E-state index contributed by atoms with van der Waals surface area (Å²) in [5.41, 5.74) is 0.545. The van der Waals surface area contributed by atoms with Crippen molar-refractivity contribution in [3.8, 4) is 0 Å². The van der Waals surface area contributed by atoms with Crippen molar-refractivity contribution < 1.29 is 4.39 Å². The SMILES string of the molecule is CC(C)(C)c1nnc2ccc(F)cn12. The highest BCUT2D eigenvalue weighted by molar-refractivity contribution is 5.38. The molecule has 0 unspecified atom stereocenters. The largest absolute Gasteiger partial charge is 0.283 e. The third-order valence-corrected chi connectivity index (χ3v) is 2.04. The van der Waals surface area contributed by atoms with Crippen LogP contribution in [-0.2, 0) is 5.41 Å². The number of rotatable bonds is 0. The van der Waals surface area contributed by atoms with Crippen molar-refractivity contribution in [2.45, 2.75) is 26.2 Å². The van der Waals surface area contributed by atoms with E-state index in [2.05, 4.69) is 10.2 Å². The molecule has 0 aliphatic heterocycles. The first kappa shape index (κ1) is 9.12. The van der Waals surface area contributed by atoms with Crippen LogP contribution in [0.4, 0.5) is 4.39 Å². The zero-order valence-corrected chi connectivity index (χ0v) is 8.45. The summed E-state index contributed by atoms with van der Waals surface area (Å²) < 4.78 is 14.7.